The van der Waals surface area contributed by atoms with Crippen LogP contribution in [0.3, 0.4) is 0 Å². The fourth-order valence-electron chi connectivity index (χ4n) is 3.54. The van der Waals surface area contributed by atoms with Gasteiger partial charge in [0.2, 0.25) is 5.91 Å². The van der Waals surface area contributed by atoms with Crippen molar-refractivity contribution in [3.05, 3.63) is 33.8 Å². The normalized spacial score (nSPS) is 23.2. The predicted molar refractivity (Wildman–Crippen MR) is 98.4 cm³/mol. The van der Waals surface area contributed by atoms with Crippen LogP contribution in [-0.2, 0) is 19.7 Å². The lowest BCUT2D eigenvalue weighted by Gasteiger charge is -2.38. The van der Waals surface area contributed by atoms with Crippen molar-refractivity contribution in [3.8, 4) is 0 Å². The third-order valence-electron chi connectivity index (χ3n) is 5.01. The van der Waals surface area contributed by atoms with Crippen LogP contribution in [0.5, 0.6) is 0 Å². The molecule has 2 N–H and O–H groups in total. The van der Waals surface area contributed by atoms with Crippen LogP contribution in [0, 0.1) is 0 Å². The molecule has 2 aliphatic heterocycles. The van der Waals surface area contributed by atoms with Gasteiger partial charge < -0.3 is 20.1 Å². The van der Waals surface area contributed by atoms with Crippen molar-refractivity contribution in [1.82, 2.24) is 10.6 Å². The van der Waals surface area contributed by atoms with Crippen molar-refractivity contribution in [2.24, 2.45) is 0 Å². The number of carbonyl (C=O) groups excluding carboxylic acids is 1. The molecule has 1 amide bonds. The summed E-state index contributed by atoms with van der Waals surface area (Å²) in [5.41, 5.74) is 0.813. The fraction of sp³-hybridized carbons (Fsp3) is 0.611. The Morgan fingerprint density at radius 3 is 2.72 bits per heavy atom. The standard InChI is InChI=1S/C18H24Cl2N2O3/c19-13-1-2-15(16(20)9-13)18(3-6-24-7-4-18)12-22-17(23)10-14-11-25-8-5-21-14/h1-2,9,14,21H,3-8,10-12H2,(H,22,23). The smallest absolute Gasteiger partial charge is 0.221 e. The Bertz CT molecular complexity index is 600. The molecule has 3 rings (SSSR count). The minimum atomic E-state index is -0.216. The van der Waals surface area contributed by atoms with E-state index >= 15 is 0 Å². The minimum absolute atomic E-state index is 0.0268. The average molecular weight is 387 g/mol. The largest absolute Gasteiger partial charge is 0.381 e. The van der Waals surface area contributed by atoms with Gasteiger partial charge in [-0.15, -0.1) is 0 Å². The number of carbonyl (C=O) groups is 1. The fourth-order valence-corrected chi connectivity index (χ4v) is 4.15. The molecular formula is C18H24Cl2N2O3. The van der Waals surface area contributed by atoms with Crippen molar-refractivity contribution in [2.45, 2.75) is 30.7 Å². The van der Waals surface area contributed by atoms with Crippen molar-refractivity contribution >= 4 is 29.1 Å². The lowest BCUT2D eigenvalue weighted by atomic mass is 9.74. The van der Waals surface area contributed by atoms with Gasteiger partial charge in [0.1, 0.15) is 0 Å². The Kier molecular flexibility index (Phi) is 6.58. The van der Waals surface area contributed by atoms with Gasteiger partial charge in [0.15, 0.2) is 0 Å². The number of hydrogen-bond acceptors (Lipinski definition) is 4. The van der Waals surface area contributed by atoms with E-state index in [-0.39, 0.29) is 17.4 Å². The van der Waals surface area contributed by atoms with Crippen LogP contribution in [0.1, 0.15) is 24.8 Å². The number of hydrogen-bond donors (Lipinski definition) is 2. The van der Waals surface area contributed by atoms with Gasteiger partial charge in [-0.2, -0.15) is 0 Å². The molecule has 25 heavy (non-hydrogen) atoms. The van der Waals surface area contributed by atoms with Gasteiger partial charge in [-0.05, 0) is 30.5 Å². The van der Waals surface area contributed by atoms with E-state index in [1.165, 1.54) is 0 Å². The van der Waals surface area contributed by atoms with E-state index in [0.29, 0.717) is 49.4 Å². The molecule has 0 bridgehead atoms. The summed E-state index contributed by atoms with van der Waals surface area (Å²) in [5, 5.41) is 7.66. The van der Waals surface area contributed by atoms with Crippen LogP contribution >= 0.6 is 23.2 Å². The van der Waals surface area contributed by atoms with Crippen molar-refractivity contribution in [3.63, 3.8) is 0 Å². The van der Waals surface area contributed by atoms with Gasteiger partial charge in [0, 0.05) is 54.2 Å². The van der Waals surface area contributed by atoms with Gasteiger partial charge in [0.05, 0.1) is 13.2 Å². The van der Waals surface area contributed by atoms with E-state index in [9.17, 15) is 4.79 Å². The van der Waals surface area contributed by atoms with Crippen LogP contribution in [0.25, 0.3) is 0 Å². The predicted octanol–water partition coefficient (Wildman–Crippen LogP) is 2.54. The van der Waals surface area contributed by atoms with Crippen molar-refractivity contribution in [2.75, 3.05) is 39.5 Å². The monoisotopic (exact) mass is 386 g/mol. The maximum absolute atomic E-state index is 12.4. The highest BCUT2D eigenvalue weighted by molar-refractivity contribution is 6.35. The third-order valence-corrected chi connectivity index (χ3v) is 5.55. The summed E-state index contributed by atoms with van der Waals surface area (Å²) in [6.07, 6.45) is 2.06. The number of benzene rings is 1. The Morgan fingerprint density at radius 2 is 2.04 bits per heavy atom. The maximum atomic E-state index is 12.4. The Hall–Kier alpha value is -0.850. The number of rotatable bonds is 5. The third kappa shape index (κ3) is 4.86. The Labute approximate surface area is 158 Å². The molecule has 0 spiro atoms. The molecule has 138 valence electrons. The first-order valence-corrected chi connectivity index (χ1v) is 9.46. The van der Waals surface area contributed by atoms with Crippen LogP contribution in [0.15, 0.2) is 18.2 Å². The molecule has 0 aromatic heterocycles. The molecule has 0 saturated carbocycles. The van der Waals surface area contributed by atoms with E-state index in [1.807, 2.05) is 12.1 Å². The number of halogens is 2. The quantitative estimate of drug-likeness (QED) is 0.815. The second-order valence-corrected chi connectivity index (χ2v) is 7.57. The molecule has 1 aromatic rings. The SMILES string of the molecule is O=C(CC1COCCN1)NCC1(c2ccc(Cl)cc2Cl)CCOCC1. The molecule has 0 radical (unpaired) electrons. The van der Waals surface area contributed by atoms with E-state index in [0.717, 1.165) is 24.9 Å². The topological polar surface area (TPSA) is 59.6 Å². The summed E-state index contributed by atoms with van der Waals surface area (Å²) in [6.45, 7) is 3.94. The zero-order valence-corrected chi connectivity index (χ0v) is 15.7. The molecule has 1 aromatic carbocycles. The van der Waals surface area contributed by atoms with E-state index in [4.69, 9.17) is 32.7 Å². The average Bonchev–Trinajstić information content (AvgIpc) is 2.62. The molecule has 2 aliphatic rings. The highest BCUT2D eigenvalue weighted by atomic mass is 35.5. The van der Waals surface area contributed by atoms with Gasteiger partial charge in [-0.25, -0.2) is 0 Å². The molecule has 5 nitrogen and oxygen atoms in total. The second kappa shape index (κ2) is 8.69. The summed E-state index contributed by atoms with van der Waals surface area (Å²) >= 11 is 12.5. The highest BCUT2D eigenvalue weighted by Gasteiger charge is 2.36. The summed E-state index contributed by atoms with van der Waals surface area (Å²) in [4.78, 5) is 12.4. The number of ether oxygens (including phenoxy) is 2. The summed E-state index contributed by atoms with van der Waals surface area (Å²) in [6, 6.07) is 5.67. The lowest BCUT2D eigenvalue weighted by molar-refractivity contribution is -0.122. The second-order valence-electron chi connectivity index (χ2n) is 6.72. The highest BCUT2D eigenvalue weighted by Crippen LogP contribution is 2.39. The number of morpholine rings is 1. The molecule has 0 aliphatic carbocycles. The van der Waals surface area contributed by atoms with Gasteiger partial charge in [-0.3, -0.25) is 4.79 Å². The van der Waals surface area contributed by atoms with Crippen LogP contribution in [-0.4, -0.2) is 51.5 Å². The van der Waals surface area contributed by atoms with Crippen LogP contribution in [0.2, 0.25) is 10.0 Å². The summed E-state index contributed by atoms with van der Waals surface area (Å²) in [5.74, 6) is 0.0268. The Balaban J connectivity index is 1.67. The van der Waals surface area contributed by atoms with Crippen molar-refractivity contribution < 1.29 is 14.3 Å². The molecule has 1 unspecified atom stereocenters. The minimum Gasteiger partial charge on any atom is -0.381 e. The zero-order valence-electron chi connectivity index (χ0n) is 14.2. The van der Waals surface area contributed by atoms with E-state index < -0.39 is 0 Å². The summed E-state index contributed by atoms with van der Waals surface area (Å²) in [7, 11) is 0. The van der Waals surface area contributed by atoms with Crippen molar-refractivity contribution in [1.29, 1.82) is 0 Å². The van der Waals surface area contributed by atoms with Gasteiger partial charge >= 0.3 is 0 Å². The van der Waals surface area contributed by atoms with Gasteiger partial charge in [-0.1, -0.05) is 29.3 Å². The molecular weight excluding hydrogens is 363 g/mol. The lowest BCUT2D eigenvalue weighted by Crippen LogP contribution is -2.48. The maximum Gasteiger partial charge on any atom is 0.221 e. The zero-order chi connectivity index (χ0) is 17.7. The number of amides is 1. The molecule has 1 atom stereocenters. The van der Waals surface area contributed by atoms with Gasteiger partial charge in [0.25, 0.3) is 0 Å². The Morgan fingerprint density at radius 1 is 1.24 bits per heavy atom. The first-order chi connectivity index (χ1) is 12.1. The first kappa shape index (κ1) is 18.9. The molecule has 7 heteroatoms. The van der Waals surface area contributed by atoms with E-state index in [1.54, 1.807) is 6.07 Å². The van der Waals surface area contributed by atoms with Crippen LogP contribution < -0.4 is 10.6 Å². The first-order valence-electron chi connectivity index (χ1n) is 8.70. The number of nitrogens with one attached hydrogen (secondary N) is 2. The molecule has 2 fully saturated rings. The van der Waals surface area contributed by atoms with E-state index in [2.05, 4.69) is 10.6 Å². The summed E-state index contributed by atoms with van der Waals surface area (Å²) < 4.78 is 10.9. The van der Waals surface area contributed by atoms with Crippen LogP contribution in [0.4, 0.5) is 0 Å². The molecule has 2 saturated heterocycles. The molecule has 2 heterocycles.